The highest BCUT2D eigenvalue weighted by Crippen LogP contribution is 2.49. The molecule has 0 saturated heterocycles. The topological polar surface area (TPSA) is 112 Å². The Morgan fingerprint density at radius 2 is 1.86 bits per heavy atom. The Labute approximate surface area is 255 Å². The van der Waals surface area contributed by atoms with E-state index >= 15 is 0 Å². The van der Waals surface area contributed by atoms with Crippen molar-refractivity contribution in [3.63, 3.8) is 0 Å². The van der Waals surface area contributed by atoms with Gasteiger partial charge in [-0.05, 0) is 54.7 Å². The molecule has 2 saturated carbocycles. The van der Waals surface area contributed by atoms with Crippen LogP contribution in [0.25, 0.3) is 10.9 Å². The quantitative estimate of drug-likeness (QED) is 0.170. The fourth-order valence-electron chi connectivity index (χ4n) is 5.62. The normalized spacial score (nSPS) is 21.4. The molecule has 2 fully saturated rings. The van der Waals surface area contributed by atoms with E-state index in [9.17, 15) is 16.3 Å². The molecule has 2 aliphatic carbocycles. The molecule has 2 heterocycles. The number of hydrogen-bond donors (Lipinski definition) is 4. The van der Waals surface area contributed by atoms with Crippen molar-refractivity contribution in [3.8, 4) is 12.1 Å². The zero-order valence-corrected chi connectivity index (χ0v) is 23.7. The van der Waals surface area contributed by atoms with Gasteiger partial charge in [-0.15, -0.1) is 5.53 Å². The number of benzene rings is 3. The van der Waals surface area contributed by atoms with E-state index in [0.717, 1.165) is 24.8 Å². The second kappa shape index (κ2) is 11.1. The third-order valence-electron chi connectivity index (χ3n) is 8.14. The van der Waals surface area contributed by atoms with Crippen LogP contribution in [-0.2, 0) is 0 Å². The SMILES string of the molecule is [2H][C@](Nc1cc(Cl)c2ncc(C#N)c(NC(c3ccccc3)C3C[C@@H]3C#N)c2c1)(C1=CN(C2CC2)NN1)c1ccc(F)cc1. The lowest BCUT2D eigenvalue weighted by molar-refractivity contribution is 0.260. The van der Waals surface area contributed by atoms with Gasteiger partial charge < -0.3 is 16.1 Å². The van der Waals surface area contributed by atoms with Crippen molar-refractivity contribution >= 4 is 33.9 Å². The van der Waals surface area contributed by atoms with Gasteiger partial charge in [-0.1, -0.05) is 54.1 Å². The third kappa shape index (κ3) is 5.41. The number of aromatic nitrogens is 1. The lowest BCUT2D eigenvalue weighted by Crippen LogP contribution is -2.38. The minimum Gasteiger partial charge on any atom is -0.376 e. The number of fused-ring (bicyclic) bond motifs is 1. The molecule has 1 aromatic heterocycles. The summed E-state index contributed by atoms with van der Waals surface area (Å²) in [6.07, 6.45) is 6.22. The van der Waals surface area contributed by atoms with Crippen LogP contribution in [0.4, 0.5) is 15.8 Å². The molecule has 0 amide bonds. The first-order chi connectivity index (χ1) is 21.4. The largest absolute Gasteiger partial charge is 0.376 e. The van der Waals surface area contributed by atoms with Gasteiger partial charge in [-0.25, -0.2) is 4.39 Å². The Kier molecular flexibility index (Phi) is 6.68. The number of nitriles is 2. The van der Waals surface area contributed by atoms with Gasteiger partial charge in [0.15, 0.2) is 0 Å². The predicted octanol–water partition coefficient (Wildman–Crippen LogP) is 6.69. The Morgan fingerprint density at radius 1 is 1.07 bits per heavy atom. The molecule has 4 aromatic rings. The maximum atomic E-state index is 13.9. The molecule has 7 rings (SSSR count). The summed E-state index contributed by atoms with van der Waals surface area (Å²) in [7, 11) is 0. The van der Waals surface area contributed by atoms with Crippen LogP contribution in [0.2, 0.25) is 5.02 Å². The van der Waals surface area contributed by atoms with Crippen LogP contribution in [0.15, 0.2) is 84.8 Å². The highest BCUT2D eigenvalue weighted by Gasteiger charge is 2.44. The van der Waals surface area contributed by atoms with Crippen LogP contribution in [0.3, 0.4) is 0 Å². The van der Waals surface area contributed by atoms with Crippen LogP contribution in [0, 0.1) is 40.3 Å². The smallest absolute Gasteiger partial charge is 0.123 e. The van der Waals surface area contributed by atoms with Gasteiger partial charge in [0.1, 0.15) is 11.9 Å². The summed E-state index contributed by atoms with van der Waals surface area (Å²) in [5, 5.41) is 29.5. The molecular weight excluding hydrogens is 563 g/mol. The van der Waals surface area contributed by atoms with E-state index in [1.807, 2.05) is 47.6 Å². The standard InChI is InChI=1S/C33H28ClFN8/c34-28-14-24(39-32(20-6-8-23(35)9-7-20)29-18-43(42-41-29)25-10-11-25)13-27-31(22(16-37)17-38-33(27)28)40-30(26-12-21(26)15-36)19-4-2-1-3-5-19/h1-9,13-14,17-18,21,25-26,30,32,39,41-42H,10-12H2,(H,38,40)/t21-,26?,30?,32-/m1/s1/i32D. The predicted molar refractivity (Wildman–Crippen MR) is 163 cm³/mol. The van der Waals surface area contributed by atoms with Crippen LogP contribution < -0.4 is 21.6 Å². The molecule has 4 atom stereocenters. The van der Waals surface area contributed by atoms with Gasteiger partial charge in [0.2, 0.25) is 0 Å². The highest BCUT2D eigenvalue weighted by atomic mass is 35.5. The molecule has 10 heteroatoms. The summed E-state index contributed by atoms with van der Waals surface area (Å²) in [6.45, 7) is 0. The van der Waals surface area contributed by atoms with E-state index in [2.05, 4.69) is 38.7 Å². The third-order valence-corrected chi connectivity index (χ3v) is 8.43. The Morgan fingerprint density at radius 3 is 2.56 bits per heavy atom. The van der Waals surface area contributed by atoms with Crippen molar-refractivity contribution in [3.05, 3.63) is 112 Å². The number of hydrogen-bond acceptors (Lipinski definition) is 8. The molecule has 3 aliphatic rings. The van der Waals surface area contributed by atoms with Crippen LogP contribution in [0.1, 0.15) is 49.4 Å². The van der Waals surface area contributed by atoms with Crippen LogP contribution >= 0.6 is 11.6 Å². The van der Waals surface area contributed by atoms with E-state index in [1.165, 1.54) is 18.3 Å². The molecule has 4 N–H and O–H groups in total. The fraction of sp³-hybridized carbons (Fsp3) is 0.242. The number of pyridine rings is 1. The maximum Gasteiger partial charge on any atom is 0.123 e. The second-order valence-corrected chi connectivity index (χ2v) is 11.5. The van der Waals surface area contributed by atoms with Gasteiger partial charge in [0, 0.05) is 35.4 Å². The first-order valence-electron chi connectivity index (χ1n) is 14.7. The average Bonchev–Trinajstić information content (AvgIpc) is 3.98. The molecule has 0 bridgehead atoms. The van der Waals surface area contributed by atoms with Crippen molar-refractivity contribution in [1.29, 1.82) is 10.5 Å². The van der Waals surface area contributed by atoms with E-state index in [0.29, 0.717) is 50.2 Å². The highest BCUT2D eigenvalue weighted by molar-refractivity contribution is 6.35. The number of nitrogens with one attached hydrogen (secondary N) is 4. The zero-order chi connectivity index (χ0) is 30.4. The summed E-state index contributed by atoms with van der Waals surface area (Å²) in [5.41, 5.74) is 10.2. The van der Waals surface area contributed by atoms with E-state index in [1.54, 1.807) is 18.2 Å². The summed E-state index contributed by atoms with van der Waals surface area (Å²) in [6, 6.07) is 22.4. The van der Waals surface area contributed by atoms with Gasteiger partial charge in [0.25, 0.3) is 0 Å². The summed E-state index contributed by atoms with van der Waals surface area (Å²) < 4.78 is 23.6. The number of hydrazine groups is 2. The Balaban J connectivity index is 1.32. The monoisotopic (exact) mass is 591 g/mol. The second-order valence-electron chi connectivity index (χ2n) is 11.1. The summed E-state index contributed by atoms with van der Waals surface area (Å²) in [5.74, 6) is -0.401. The van der Waals surface area contributed by atoms with Gasteiger partial charge in [-0.2, -0.15) is 10.5 Å². The minimum atomic E-state index is -1.56. The van der Waals surface area contributed by atoms with Gasteiger partial charge >= 0.3 is 0 Å². The average molecular weight is 592 g/mol. The zero-order valence-electron chi connectivity index (χ0n) is 24.0. The Bertz CT molecular complexity index is 1850. The summed E-state index contributed by atoms with van der Waals surface area (Å²) in [4.78, 5) is 4.50. The van der Waals surface area contributed by atoms with Crippen molar-refractivity contribution in [2.24, 2.45) is 11.8 Å². The summed E-state index contributed by atoms with van der Waals surface area (Å²) >= 11 is 6.81. The minimum absolute atomic E-state index is 0.0793. The van der Waals surface area contributed by atoms with E-state index < -0.39 is 11.8 Å². The van der Waals surface area contributed by atoms with Crippen molar-refractivity contribution in [2.45, 2.75) is 37.4 Å². The molecule has 214 valence electrons. The van der Waals surface area contributed by atoms with Crippen molar-refractivity contribution < 1.29 is 5.76 Å². The lowest BCUT2D eigenvalue weighted by atomic mass is 9.99. The molecule has 8 nitrogen and oxygen atoms in total. The Hall–Kier alpha value is -4.83. The molecule has 2 unspecified atom stereocenters. The number of halogens is 2. The van der Waals surface area contributed by atoms with Gasteiger partial charge in [0.05, 0.1) is 52.9 Å². The number of anilines is 2. The van der Waals surface area contributed by atoms with Crippen molar-refractivity contribution in [2.75, 3.05) is 10.6 Å². The first-order valence-corrected chi connectivity index (χ1v) is 14.6. The van der Waals surface area contributed by atoms with E-state index in [-0.39, 0.29) is 17.9 Å². The van der Waals surface area contributed by atoms with Crippen molar-refractivity contribution in [1.82, 2.24) is 21.0 Å². The molecule has 43 heavy (non-hydrogen) atoms. The first kappa shape index (κ1) is 25.8. The lowest BCUT2D eigenvalue weighted by Gasteiger charge is -2.24. The molecule has 0 spiro atoms. The molecule has 1 aliphatic heterocycles. The fourth-order valence-corrected chi connectivity index (χ4v) is 5.89. The van der Waals surface area contributed by atoms with Crippen LogP contribution in [0.5, 0.6) is 0 Å². The van der Waals surface area contributed by atoms with E-state index in [4.69, 9.17) is 11.6 Å². The molecule has 0 radical (unpaired) electrons. The molecular formula is C33H28ClFN8. The number of rotatable bonds is 9. The number of nitrogens with zero attached hydrogens (tertiary/aromatic N) is 4. The molecule has 3 aromatic carbocycles. The van der Waals surface area contributed by atoms with Gasteiger partial charge in [-0.3, -0.25) is 9.99 Å². The maximum absolute atomic E-state index is 13.9. The van der Waals surface area contributed by atoms with Crippen LogP contribution in [-0.4, -0.2) is 16.0 Å².